The molecular formula is C16H21N3O2. The molecule has 1 aliphatic rings. The number of aromatic nitrogens is 1. The van der Waals surface area contributed by atoms with Crippen molar-refractivity contribution in [3.05, 3.63) is 34.6 Å². The van der Waals surface area contributed by atoms with E-state index in [0.717, 1.165) is 49.6 Å². The number of likely N-dealkylation sites (N-methyl/N-ethyl adjacent to an activating group) is 1. The monoisotopic (exact) mass is 287 g/mol. The quantitative estimate of drug-likeness (QED) is 0.913. The molecule has 1 aromatic heterocycles. The second kappa shape index (κ2) is 5.77. The highest BCUT2D eigenvalue weighted by Crippen LogP contribution is 2.29. The van der Waals surface area contributed by atoms with Gasteiger partial charge in [0.1, 0.15) is 5.75 Å². The number of H-pyrrole nitrogens is 1. The second-order valence-corrected chi connectivity index (χ2v) is 5.55. The molecule has 0 saturated carbocycles. The number of hydrogen-bond acceptors (Lipinski definition) is 4. The van der Waals surface area contributed by atoms with Crippen molar-refractivity contribution in [3.8, 4) is 5.75 Å². The van der Waals surface area contributed by atoms with Crippen LogP contribution in [0.5, 0.6) is 5.75 Å². The van der Waals surface area contributed by atoms with Gasteiger partial charge in [0, 0.05) is 38.0 Å². The SMILES string of the molecule is COc1cc(N2CCCN(C)CC2)c2[nH]ccc(=O)c2c1. The summed E-state index contributed by atoms with van der Waals surface area (Å²) in [5.74, 6) is 0.729. The number of anilines is 1. The Bertz CT molecular complexity index is 695. The molecule has 112 valence electrons. The van der Waals surface area contributed by atoms with Crippen LogP contribution in [0.4, 0.5) is 5.69 Å². The van der Waals surface area contributed by atoms with Crippen molar-refractivity contribution in [1.29, 1.82) is 0 Å². The lowest BCUT2D eigenvalue weighted by atomic mass is 10.1. The zero-order chi connectivity index (χ0) is 14.8. The van der Waals surface area contributed by atoms with Crippen molar-refractivity contribution in [2.45, 2.75) is 6.42 Å². The Morgan fingerprint density at radius 2 is 2.05 bits per heavy atom. The molecule has 0 radical (unpaired) electrons. The lowest BCUT2D eigenvalue weighted by molar-refractivity contribution is 0.360. The molecule has 0 aliphatic carbocycles. The summed E-state index contributed by atoms with van der Waals surface area (Å²) >= 11 is 0. The van der Waals surface area contributed by atoms with Crippen molar-refractivity contribution in [3.63, 3.8) is 0 Å². The molecule has 1 N–H and O–H groups in total. The third-order valence-electron chi connectivity index (χ3n) is 4.11. The molecule has 21 heavy (non-hydrogen) atoms. The van der Waals surface area contributed by atoms with Gasteiger partial charge in [0.2, 0.25) is 0 Å². The van der Waals surface area contributed by atoms with Gasteiger partial charge in [0.15, 0.2) is 5.43 Å². The van der Waals surface area contributed by atoms with Gasteiger partial charge in [-0.3, -0.25) is 4.79 Å². The number of hydrogen-bond donors (Lipinski definition) is 1. The third-order valence-corrected chi connectivity index (χ3v) is 4.11. The normalized spacial score (nSPS) is 17.0. The number of pyridine rings is 1. The summed E-state index contributed by atoms with van der Waals surface area (Å²) in [5.41, 5.74) is 1.97. The molecule has 0 unspecified atom stereocenters. The number of aromatic amines is 1. The van der Waals surface area contributed by atoms with Gasteiger partial charge in [-0.2, -0.15) is 0 Å². The summed E-state index contributed by atoms with van der Waals surface area (Å²) in [5, 5.41) is 0.685. The first-order valence-electron chi connectivity index (χ1n) is 7.32. The molecule has 1 saturated heterocycles. The van der Waals surface area contributed by atoms with E-state index in [1.165, 1.54) is 0 Å². The minimum Gasteiger partial charge on any atom is -0.497 e. The van der Waals surface area contributed by atoms with Crippen LogP contribution >= 0.6 is 0 Å². The van der Waals surface area contributed by atoms with Crippen LogP contribution in [0.2, 0.25) is 0 Å². The van der Waals surface area contributed by atoms with Crippen LogP contribution < -0.4 is 15.1 Å². The summed E-state index contributed by atoms with van der Waals surface area (Å²) < 4.78 is 5.37. The molecule has 0 bridgehead atoms. The van der Waals surface area contributed by atoms with Gasteiger partial charge in [-0.1, -0.05) is 0 Å². The topological polar surface area (TPSA) is 48.6 Å². The largest absolute Gasteiger partial charge is 0.497 e. The predicted octanol–water partition coefficient (Wildman–Crippen LogP) is 1.68. The van der Waals surface area contributed by atoms with Crippen molar-refractivity contribution in [1.82, 2.24) is 9.88 Å². The Kier molecular flexibility index (Phi) is 3.84. The highest BCUT2D eigenvalue weighted by atomic mass is 16.5. The molecule has 2 aromatic rings. The number of benzene rings is 1. The Labute approximate surface area is 124 Å². The van der Waals surface area contributed by atoms with E-state index in [1.807, 2.05) is 12.1 Å². The van der Waals surface area contributed by atoms with Crippen LogP contribution in [0.1, 0.15) is 6.42 Å². The second-order valence-electron chi connectivity index (χ2n) is 5.55. The Hall–Kier alpha value is -2.01. The lowest BCUT2D eigenvalue weighted by Gasteiger charge is -2.24. The molecule has 1 aliphatic heterocycles. The maximum Gasteiger partial charge on any atom is 0.189 e. The van der Waals surface area contributed by atoms with Crippen molar-refractivity contribution in [2.24, 2.45) is 0 Å². The van der Waals surface area contributed by atoms with E-state index in [9.17, 15) is 4.79 Å². The minimum absolute atomic E-state index is 0.0239. The van der Waals surface area contributed by atoms with Crippen LogP contribution in [0, 0.1) is 0 Å². The smallest absolute Gasteiger partial charge is 0.189 e. The van der Waals surface area contributed by atoms with Gasteiger partial charge in [0.05, 0.1) is 23.7 Å². The Balaban J connectivity index is 2.12. The number of rotatable bonds is 2. The van der Waals surface area contributed by atoms with Crippen LogP contribution in [0.15, 0.2) is 29.2 Å². The summed E-state index contributed by atoms with van der Waals surface area (Å²) in [7, 11) is 3.79. The van der Waals surface area contributed by atoms with E-state index in [-0.39, 0.29) is 5.43 Å². The number of nitrogens with one attached hydrogen (secondary N) is 1. The van der Waals surface area contributed by atoms with E-state index < -0.39 is 0 Å². The fraction of sp³-hybridized carbons (Fsp3) is 0.438. The van der Waals surface area contributed by atoms with Crippen LogP contribution in [0.3, 0.4) is 0 Å². The van der Waals surface area contributed by atoms with E-state index >= 15 is 0 Å². The number of methoxy groups -OCH3 is 1. The van der Waals surface area contributed by atoms with Crippen LogP contribution in [-0.4, -0.2) is 50.2 Å². The Morgan fingerprint density at radius 1 is 1.19 bits per heavy atom. The molecule has 0 spiro atoms. The summed E-state index contributed by atoms with van der Waals surface area (Å²) in [6.45, 7) is 4.07. The molecular weight excluding hydrogens is 266 g/mol. The van der Waals surface area contributed by atoms with Gasteiger partial charge >= 0.3 is 0 Å². The predicted molar refractivity (Wildman–Crippen MR) is 85.4 cm³/mol. The van der Waals surface area contributed by atoms with E-state index in [2.05, 4.69) is 21.8 Å². The maximum atomic E-state index is 12.1. The van der Waals surface area contributed by atoms with E-state index in [0.29, 0.717) is 5.39 Å². The average Bonchev–Trinajstić information content (AvgIpc) is 2.71. The highest BCUT2D eigenvalue weighted by Gasteiger charge is 2.17. The van der Waals surface area contributed by atoms with Crippen LogP contribution in [0.25, 0.3) is 10.9 Å². The first kappa shape index (κ1) is 13.9. The van der Waals surface area contributed by atoms with Gasteiger partial charge in [-0.15, -0.1) is 0 Å². The van der Waals surface area contributed by atoms with E-state index in [1.54, 1.807) is 19.4 Å². The number of fused-ring (bicyclic) bond motifs is 1. The third kappa shape index (κ3) is 2.74. The first-order valence-corrected chi connectivity index (χ1v) is 7.32. The summed E-state index contributed by atoms with van der Waals surface area (Å²) in [6.07, 6.45) is 2.83. The molecule has 1 fully saturated rings. The number of nitrogens with zero attached hydrogens (tertiary/aromatic N) is 2. The highest BCUT2D eigenvalue weighted by molar-refractivity contribution is 5.92. The van der Waals surface area contributed by atoms with Crippen LogP contribution in [-0.2, 0) is 0 Å². The lowest BCUT2D eigenvalue weighted by Crippen LogP contribution is -2.29. The molecule has 0 amide bonds. The van der Waals surface area contributed by atoms with Crippen molar-refractivity contribution >= 4 is 16.6 Å². The fourth-order valence-corrected chi connectivity index (χ4v) is 2.89. The van der Waals surface area contributed by atoms with Gasteiger partial charge in [-0.25, -0.2) is 0 Å². The number of ether oxygens (including phenoxy) is 1. The van der Waals surface area contributed by atoms with E-state index in [4.69, 9.17) is 4.74 Å². The molecule has 0 atom stereocenters. The molecule has 1 aromatic carbocycles. The van der Waals surface area contributed by atoms with Crippen molar-refractivity contribution in [2.75, 3.05) is 45.2 Å². The standard InChI is InChI=1S/C16H21N3O2/c1-18-6-3-7-19(9-8-18)14-11-12(21-2)10-13-15(20)4-5-17-16(13)14/h4-5,10-11H,3,6-9H2,1-2H3,(H,17,20). The fourth-order valence-electron chi connectivity index (χ4n) is 2.89. The molecule has 5 nitrogen and oxygen atoms in total. The summed E-state index contributed by atoms with van der Waals surface area (Å²) in [6, 6.07) is 5.38. The summed E-state index contributed by atoms with van der Waals surface area (Å²) in [4.78, 5) is 20.0. The van der Waals surface area contributed by atoms with Gasteiger partial charge in [0.25, 0.3) is 0 Å². The Morgan fingerprint density at radius 3 is 2.86 bits per heavy atom. The van der Waals surface area contributed by atoms with Gasteiger partial charge in [-0.05, 0) is 26.1 Å². The maximum absolute atomic E-state index is 12.1. The first-order chi connectivity index (χ1) is 10.2. The molecule has 5 heteroatoms. The molecule has 2 heterocycles. The zero-order valence-electron chi connectivity index (χ0n) is 12.6. The molecule has 3 rings (SSSR count). The van der Waals surface area contributed by atoms with Gasteiger partial charge < -0.3 is 19.5 Å². The minimum atomic E-state index is 0.0239. The van der Waals surface area contributed by atoms with Crippen molar-refractivity contribution < 1.29 is 4.74 Å². The average molecular weight is 287 g/mol. The zero-order valence-corrected chi connectivity index (χ0v) is 12.6.